The van der Waals surface area contributed by atoms with Crippen LogP contribution in [-0.4, -0.2) is 11.2 Å². The van der Waals surface area contributed by atoms with Crippen LogP contribution in [0.15, 0.2) is 22.7 Å². The van der Waals surface area contributed by atoms with E-state index in [-0.39, 0.29) is 11.9 Å². The van der Waals surface area contributed by atoms with Gasteiger partial charge in [-0.15, -0.1) is 0 Å². The molecule has 0 aliphatic carbocycles. The fourth-order valence-corrected chi connectivity index (χ4v) is 1.86. The van der Waals surface area contributed by atoms with Gasteiger partial charge in [0.05, 0.1) is 6.10 Å². The van der Waals surface area contributed by atoms with Crippen LogP contribution in [0.5, 0.6) is 0 Å². The highest BCUT2D eigenvalue weighted by Gasteiger charge is 2.02. The molecule has 0 radical (unpaired) electrons. The zero-order valence-corrected chi connectivity index (χ0v) is 9.72. The molecule has 1 unspecified atom stereocenters. The Balaban J connectivity index is 2.51. The Morgan fingerprint density at radius 1 is 1.50 bits per heavy atom. The van der Waals surface area contributed by atoms with Gasteiger partial charge < -0.3 is 5.11 Å². The SMILES string of the molecule is CC(O)CCCc1ccc(F)cc1Br. The molecule has 0 saturated carbocycles. The third-order valence-electron chi connectivity index (χ3n) is 2.08. The van der Waals surface area contributed by atoms with Crippen molar-refractivity contribution in [2.75, 3.05) is 0 Å². The summed E-state index contributed by atoms with van der Waals surface area (Å²) in [4.78, 5) is 0. The second-order valence-corrected chi connectivity index (χ2v) is 4.33. The highest BCUT2D eigenvalue weighted by atomic mass is 79.9. The molecule has 0 aliphatic rings. The van der Waals surface area contributed by atoms with E-state index in [9.17, 15) is 4.39 Å². The van der Waals surface area contributed by atoms with E-state index in [1.807, 2.05) is 0 Å². The van der Waals surface area contributed by atoms with Crippen LogP contribution in [0.2, 0.25) is 0 Å². The summed E-state index contributed by atoms with van der Waals surface area (Å²) < 4.78 is 13.5. The molecule has 0 fully saturated rings. The van der Waals surface area contributed by atoms with Gasteiger partial charge in [0, 0.05) is 4.47 Å². The number of aliphatic hydroxyl groups excluding tert-OH is 1. The summed E-state index contributed by atoms with van der Waals surface area (Å²) in [5.74, 6) is -0.226. The first-order chi connectivity index (χ1) is 6.59. The van der Waals surface area contributed by atoms with E-state index < -0.39 is 0 Å². The van der Waals surface area contributed by atoms with Crippen molar-refractivity contribution in [3.8, 4) is 0 Å². The average Bonchev–Trinajstić information content (AvgIpc) is 2.08. The van der Waals surface area contributed by atoms with E-state index in [1.54, 1.807) is 13.0 Å². The largest absolute Gasteiger partial charge is 0.393 e. The molecule has 0 aromatic heterocycles. The van der Waals surface area contributed by atoms with E-state index in [2.05, 4.69) is 15.9 Å². The number of hydrogen-bond donors (Lipinski definition) is 1. The Morgan fingerprint density at radius 2 is 2.21 bits per heavy atom. The van der Waals surface area contributed by atoms with E-state index in [1.165, 1.54) is 12.1 Å². The molecule has 1 aromatic carbocycles. The number of aliphatic hydroxyl groups is 1. The van der Waals surface area contributed by atoms with Crippen molar-refractivity contribution in [3.05, 3.63) is 34.1 Å². The Hall–Kier alpha value is -0.410. The first kappa shape index (κ1) is 11.7. The minimum atomic E-state index is -0.255. The molecule has 0 spiro atoms. The van der Waals surface area contributed by atoms with Gasteiger partial charge in [-0.1, -0.05) is 22.0 Å². The minimum Gasteiger partial charge on any atom is -0.393 e. The summed E-state index contributed by atoms with van der Waals surface area (Å²) in [6.45, 7) is 1.78. The number of rotatable bonds is 4. The summed E-state index contributed by atoms with van der Waals surface area (Å²) in [5.41, 5.74) is 1.09. The summed E-state index contributed by atoms with van der Waals surface area (Å²) in [6.07, 6.45) is 2.31. The van der Waals surface area contributed by atoms with Crippen LogP contribution < -0.4 is 0 Å². The summed E-state index contributed by atoms with van der Waals surface area (Å²) >= 11 is 3.31. The molecule has 0 saturated heterocycles. The number of aryl methyl sites for hydroxylation is 1. The summed E-state index contributed by atoms with van der Waals surface area (Å²) in [6, 6.07) is 4.71. The van der Waals surface area contributed by atoms with Crippen molar-refractivity contribution in [2.45, 2.75) is 32.3 Å². The van der Waals surface area contributed by atoms with E-state index in [4.69, 9.17) is 5.11 Å². The zero-order valence-electron chi connectivity index (χ0n) is 8.13. The smallest absolute Gasteiger partial charge is 0.124 e. The van der Waals surface area contributed by atoms with E-state index in [0.29, 0.717) is 0 Å². The Kier molecular flexibility index (Phi) is 4.55. The van der Waals surface area contributed by atoms with Gasteiger partial charge in [-0.05, 0) is 43.9 Å². The first-order valence-electron chi connectivity index (χ1n) is 4.71. The molecular formula is C11H14BrFO. The lowest BCUT2D eigenvalue weighted by Crippen LogP contribution is -2.00. The molecule has 1 nitrogen and oxygen atoms in total. The lowest BCUT2D eigenvalue weighted by Gasteiger charge is -2.06. The van der Waals surface area contributed by atoms with E-state index in [0.717, 1.165) is 29.3 Å². The topological polar surface area (TPSA) is 20.2 Å². The molecule has 1 N–H and O–H groups in total. The van der Waals surface area contributed by atoms with Gasteiger partial charge in [-0.25, -0.2) is 4.39 Å². The van der Waals surface area contributed by atoms with Crippen LogP contribution in [0, 0.1) is 5.82 Å². The molecular weight excluding hydrogens is 247 g/mol. The second kappa shape index (κ2) is 5.47. The highest BCUT2D eigenvalue weighted by Crippen LogP contribution is 2.20. The molecule has 0 heterocycles. The van der Waals surface area contributed by atoms with Crippen LogP contribution in [0.3, 0.4) is 0 Å². The average molecular weight is 261 g/mol. The van der Waals surface area contributed by atoms with Crippen molar-refractivity contribution in [3.63, 3.8) is 0 Å². The first-order valence-corrected chi connectivity index (χ1v) is 5.51. The predicted octanol–water partition coefficient (Wildman–Crippen LogP) is 3.29. The van der Waals surface area contributed by atoms with Crippen LogP contribution in [0.4, 0.5) is 4.39 Å². The lowest BCUT2D eigenvalue weighted by atomic mass is 10.1. The van der Waals surface area contributed by atoms with Crippen LogP contribution >= 0.6 is 15.9 Å². The van der Waals surface area contributed by atoms with Gasteiger partial charge >= 0.3 is 0 Å². The Morgan fingerprint density at radius 3 is 2.79 bits per heavy atom. The maximum Gasteiger partial charge on any atom is 0.124 e. The highest BCUT2D eigenvalue weighted by molar-refractivity contribution is 9.10. The fourth-order valence-electron chi connectivity index (χ4n) is 1.31. The fraction of sp³-hybridized carbons (Fsp3) is 0.455. The van der Waals surface area contributed by atoms with Gasteiger partial charge in [-0.2, -0.15) is 0 Å². The minimum absolute atomic E-state index is 0.226. The molecule has 0 amide bonds. The molecule has 1 rings (SSSR count). The molecule has 0 aliphatic heterocycles. The molecule has 78 valence electrons. The van der Waals surface area contributed by atoms with Crippen molar-refractivity contribution >= 4 is 15.9 Å². The normalized spacial score (nSPS) is 12.9. The Bertz CT molecular complexity index is 299. The van der Waals surface area contributed by atoms with Gasteiger partial charge in [0.25, 0.3) is 0 Å². The maximum absolute atomic E-state index is 12.7. The second-order valence-electron chi connectivity index (χ2n) is 3.48. The Labute approximate surface area is 92.1 Å². The van der Waals surface area contributed by atoms with Crippen LogP contribution in [0.25, 0.3) is 0 Å². The number of hydrogen-bond acceptors (Lipinski definition) is 1. The quantitative estimate of drug-likeness (QED) is 0.881. The molecule has 3 heteroatoms. The van der Waals surface area contributed by atoms with Crippen LogP contribution in [0.1, 0.15) is 25.3 Å². The summed E-state index contributed by atoms with van der Waals surface area (Å²) in [5, 5.41) is 9.07. The monoisotopic (exact) mass is 260 g/mol. The van der Waals surface area contributed by atoms with Crippen molar-refractivity contribution < 1.29 is 9.50 Å². The van der Waals surface area contributed by atoms with Crippen molar-refractivity contribution in [1.82, 2.24) is 0 Å². The molecule has 14 heavy (non-hydrogen) atoms. The van der Waals surface area contributed by atoms with Gasteiger partial charge in [0.15, 0.2) is 0 Å². The zero-order chi connectivity index (χ0) is 10.6. The van der Waals surface area contributed by atoms with E-state index >= 15 is 0 Å². The van der Waals surface area contributed by atoms with Crippen molar-refractivity contribution in [2.24, 2.45) is 0 Å². The maximum atomic E-state index is 12.7. The standard InChI is InChI=1S/C11H14BrFO/c1-8(14)3-2-4-9-5-6-10(13)7-11(9)12/h5-8,14H,2-4H2,1H3. The number of benzene rings is 1. The van der Waals surface area contributed by atoms with Gasteiger partial charge in [0.1, 0.15) is 5.82 Å². The predicted molar refractivity (Wildman–Crippen MR) is 58.7 cm³/mol. The molecule has 1 atom stereocenters. The third kappa shape index (κ3) is 3.76. The van der Waals surface area contributed by atoms with Crippen LogP contribution in [-0.2, 0) is 6.42 Å². The number of halogens is 2. The molecule has 0 bridgehead atoms. The summed E-state index contributed by atoms with van der Waals surface area (Å²) in [7, 11) is 0. The third-order valence-corrected chi connectivity index (χ3v) is 2.82. The van der Waals surface area contributed by atoms with Crippen molar-refractivity contribution in [1.29, 1.82) is 0 Å². The lowest BCUT2D eigenvalue weighted by molar-refractivity contribution is 0.181. The molecule has 1 aromatic rings. The van der Waals surface area contributed by atoms with Gasteiger partial charge in [0.2, 0.25) is 0 Å². The van der Waals surface area contributed by atoms with Gasteiger partial charge in [-0.3, -0.25) is 0 Å².